The predicted molar refractivity (Wildman–Crippen MR) is 73.9 cm³/mol. The highest BCUT2D eigenvalue weighted by Crippen LogP contribution is 2.64. The van der Waals surface area contributed by atoms with Gasteiger partial charge in [0.25, 0.3) is 0 Å². The molecule has 0 spiro atoms. The SMILES string of the molecule is COc1ccc(Br)cc1N1C(=O)C2C(C1=O)C2(C)C. The van der Waals surface area contributed by atoms with Gasteiger partial charge in [0.05, 0.1) is 24.6 Å². The zero-order valence-electron chi connectivity index (χ0n) is 10.9. The van der Waals surface area contributed by atoms with Crippen molar-refractivity contribution in [2.24, 2.45) is 17.3 Å². The lowest BCUT2D eigenvalue weighted by atomic mass is 10.1. The Morgan fingerprint density at radius 2 is 1.79 bits per heavy atom. The minimum absolute atomic E-state index is 0.114. The number of fused-ring (bicyclic) bond motifs is 1. The fourth-order valence-electron chi connectivity index (χ4n) is 3.02. The molecule has 2 fully saturated rings. The summed E-state index contributed by atoms with van der Waals surface area (Å²) in [4.78, 5) is 26.0. The van der Waals surface area contributed by atoms with Gasteiger partial charge in [-0.2, -0.15) is 0 Å². The van der Waals surface area contributed by atoms with Gasteiger partial charge in [0.2, 0.25) is 11.8 Å². The van der Waals surface area contributed by atoms with Crippen LogP contribution in [-0.4, -0.2) is 18.9 Å². The number of amides is 2. The number of benzene rings is 1. The topological polar surface area (TPSA) is 46.6 Å². The van der Waals surface area contributed by atoms with Gasteiger partial charge in [0.15, 0.2) is 0 Å². The third-order valence-corrected chi connectivity index (χ3v) is 4.68. The summed E-state index contributed by atoms with van der Waals surface area (Å²) in [6, 6.07) is 5.31. The molecule has 1 heterocycles. The maximum atomic E-state index is 12.4. The molecule has 1 aromatic rings. The van der Waals surface area contributed by atoms with Crippen LogP contribution in [0.15, 0.2) is 22.7 Å². The summed E-state index contributed by atoms with van der Waals surface area (Å²) < 4.78 is 6.05. The number of hydrogen-bond donors (Lipinski definition) is 0. The molecular weight excluding hydrogens is 310 g/mol. The molecule has 1 aromatic carbocycles. The minimum Gasteiger partial charge on any atom is -0.495 e. The van der Waals surface area contributed by atoms with Crippen LogP contribution in [0.25, 0.3) is 0 Å². The Bertz CT molecular complexity index is 572. The summed E-state index contributed by atoms with van der Waals surface area (Å²) >= 11 is 3.36. The van der Waals surface area contributed by atoms with Gasteiger partial charge in [-0.25, -0.2) is 4.90 Å². The molecule has 0 aromatic heterocycles. The average Bonchev–Trinajstić information content (AvgIpc) is 2.80. The third-order valence-electron chi connectivity index (χ3n) is 4.18. The molecule has 100 valence electrons. The van der Waals surface area contributed by atoms with Gasteiger partial charge in [-0.3, -0.25) is 9.59 Å². The lowest BCUT2D eigenvalue weighted by Gasteiger charge is -2.22. The Labute approximate surface area is 119 Å². The lowest BCUT2D eigenvalue weighted by Crippen LogP contribution is -2.36. The number of halogens is 1. The first-order valence-electron chi connectivity index (χ1n) is 6.11. The number of hydrogen-bond acceptors (Lipinski definition) is 3. The van der Waals surface area contributed by atoms with Crippen LogP contribution in [0.3, 0.4) is 0 Å². The van der Waals surface area contributed by atoms with Crippen LogP contribution >= 0.6 is 15.9 Å². The van der Waals surface area contributed by atoms with Gasteiger partial charge >= 0.3 is 0 Å². The van der Waals surface area contributed by atoms with Crippen LogP contribution in [0.1, 0.15) is 13.8 Å². The van der Waals surface area contributed by atoms with Gasteiger partial charge in [-0.15, -0.1) is 0 Å². The van der Waals surface area contributed by atoms with E-state index in [9.17, 15) is 9.59 Å². The van der Waals surface area contributed by atoms with Crippen LogP contribution in [0.5, 0.6) is 5.75 Å². The quantitative estimate of drug-likeness (QED) is 0.786. The predicted octanol–water partition coefficient (Wildman–Crippen LogP) is 2.60. The third kappa shape index (κ3) is 1.57. The van der Waals surface area contributed by atoms with Crippen molar-refractivity contribution in [2.45, 2.75) is 13.8 Å². The molecule has 4 nitrogen and oxygen atoms in total. The van der Waals surface area contributed by atoms with Crippen LogP contribution in [0.2, 0.25) is 0 Å². The number of piperidine rings is 1. The van der Waals surface area contributed by atoms with Gasteiger partial charge in [-0.1, -0.05) is 29.8 Å². The van der Waals surface area contributed by atoms with E-state index in [0.29, 0.717) is 11.4 Å². The molecule has 1 aliphatic carbocycles. The number of carbonyl (C=O) groups excluding carboxylic acids is 2. The summed E-state index contributed by atoms with van der Waals surface area (Å²) in [5.41, 5.74) is 0.332. The van der Waals surface area contributed by atoms with E-state index < -0.39 is 0 Å². The van der Waals surface area contributed by atoms with E-state index >= 15 is 0 Å². The Morgan fingerprint density at radius 1 is 1.21 bits per heavy atom. The number of nitrogens with zero attached hydrogens (tertiary/aromatic N) is 1. The first-order valence-corrected chi connectivity index (χ1v) is 6.90. The molecule has 2 amide bonds. The largest absolute Gasteiger partial charge is 0.495 e. The minimum atomic E-state index is -0.191. The van der Waals surface area contributed by atoms with E-state index in [-0.39, 0.29) is 29.1 Å². The number of rotatable bonds is 2. The summed E-state index contributed by atoms with van der Waals surface area (Å²) in [5.74, 6) is -0.0517. The molecule has 0 bridgehead atoms. The number of methoxy groups -OCH3 is 1. The molecule has 0 radical (unpaired) electrons. The monoisotopic (exact) mass is 323 g/mol. The highest BCUT2D eigenvalue weighted by atomic mass is 79.9. The van der Waals surface area contributed by atoms with Crippen molar-refractivity contribution in [3.63, 3.8) is 0 Å². The van der Waals surface area contributed by atoms with E-state index in [2.05, 4.69) is 15.9 Å². The second-order valence-corrected chi connectivity index (χ2v) is 6.52. The average molecular weight is 324 g/mol. The van der Waals surface area contributed by atoms with Crippen molar-refractivity contribution < 1.29 is 14.3 Å². The van der Waals surface area contributed by atoms with E-state index in [1.807, 2.05) is 19.9 Å². The van der Waals surface area contributed by atoms with Crippen molar-refractivity contribution in [2.75, 3.05) is 12.0 Å². The standard InChI is InChI=1S/C14H14BrNO3/c1-14(2)10-11(14)13(18)16(12(10)17)8-6-7(15)4-5-9(8)19-3/h4-6,10-11H,1-3H3. The molecule has 3 rings (SSSR count). The van der Waals surface area contributed by atoms with E-state index in [1.165, 1.54) is 12.0 Å². The fourth-order valence-corrected chi connectivity index (χ4v) is 3.37. The van der Waals surface area contributed by atoms with Gasteiger partial charge < -0.3 is 4.74 Å². The molecule has 2 unspecified atom stereocenters. The zero-order valence-corrected chi connectivity index (χ0v) is 12.5. The fraction of sp³-hybridized carbons (Fsp3) is 0.429. The maximum absolute atomic E-state index is 12.4. The molecular formula is C14H14BrNO3. The van der Waals surface area contributed by atoms with Gasteiger partial charge in [0.1, 0.15) is 5.75 Å². The second-order valence-electron chi connectivity index (χ2n) is 5.60. The molecule has 19 heavy (non-hydrogen) atoms. The first kappa shape index (κ1) is 12.7. The Kier molecular flexibility index (Phi) is 2.55. The molecule has 1 saturated heterocycles. The molecule has 5 heteroatoms. The van der Waals surface area contributed by atoms with Crippen molar-refractivity contribution in [3.05, 3.63) is 22.7 Å². The highest BCUT2D eigenvalue weighted by Gasteiger charge is 2.72. The van der Waals surface area contributed by atoms with Crippen LogP contribution in [0.4, 0.5) is 5.69 Å². The zero-order chi connectivity index (χ0) is 13.9. The Hall–Kier alpha value is -1.36. The van der Waals surface area contributed by atoms with E-state index in [1.54, 1.807) is 12.1 Å². The summed E-state index contributed by atoms with van der Waals surface area (Å²) in [6.45, 7) is 3.93. The summed E-state index contributed by atoms with van der Waals surface area (Å²) in [6.07, 6.45) is 0. The molecule has 1 aliphatic heterocycles. The van der Waals surface area contributed by atoms with E-state index in [4.69, 9.17) is 4.74 Å². The van der Waals surface area contributed by atoms with E-state index in [0.717, 1.165) is 4.47 Å². The molecule has 0 N–H and O–H groups in total. The van der Waals surface area contributed by atoms with Gasteiger partial charge in [0, 0.05) is 4.47 Å². The number of ether oxygens (including phenoxy) is 1. The summed E-state index contributed by atoms with van der Waals surface area (Å²) in [7, 11) is 1.53. The highest BCUT2D eigenvalue weighted by molar-refractivity contribution is 9.10. The normalized spacial score (nSPS) is 27.5. The molecule has 2 aliphatic rings. The molecule has 1 saturated carbocycles. The van der Waals surface area contributed by atoms with Crippen molar-refractivity contribution in [1.82, 2.24) is 0 Å². The first-order chi connectivity index (χ1) is 8.89. The van der Waals surface area contributed by atoms with Crippen molar-refractivity contribution in [3.8, 4) is 5.75 Å². The smallest absolute Gasteiger partial charge is 0.238 e. The second kappa shape index (κ2) is 3.82. The van der Waals surface area contributed by atoms with Crippen molar-refractivity contribution in [1.29, 1.82) is 0 Å². The van der Waals surface area contributed by atoms with Crippen LogP contribution < -0.4 is 9.64 Å². The Morgan fingerprint density at radius 3 is 2.32 bits per heavy atom. The van der Waals surface area contributed by atoms with Crippen LogP contribution in [-0.2, 0) is 9.59 Å². The molecule has 2 atom stereocenters. The lowest BCUT2D eigenvalue weighted by molar-refractivity contribution is -0.125. The van der Waals surface area contributed by atoms with Gasteiger partial charge in [-0.05, 0) is 23.6 Å². The Balaban J connectivity index is 2.04. The number of anilines is 1. The number of imide groups is 1. The summed E-state index contributed by atoms with van der Waals surface area (Å²) in [5, 5.41) is 0. The van der Waals surface area contributed by atoms with Crippen LogP contribution in [0, 0.1) is 17.3 Å². The number of carbonyl (C=O) groups is 2. The maximum Gasteiger partial charge on any atom is 0.238 e. The van der Waals surface area contributed by atoms with Crippen molar-refractivity contribution >= 4 is 33.4 Å².